The van der Waals surface area contributed by atoms with Crippen LogP contribution in [0, 0.1) is 11.8 Å². The van der Waals surface area contributed by atoms with E-state index in [-0.39, 0.29) is 24.3 Å². The fourth-order valence-electron chi connectivity index (χ4n) is 5.72. The molecule has 1 aromatic carbocycles. The molecule has 1 spiro atoms. The average Bonchev–Trinajstić information content (AvgIpc) is 3.53. The van der Waals surface area contributed by atoms with E-state index in [9.17, 15) is 14.4 Å². The monoisotopic (exact) mass is 527 g/mol. The Labute approximate surface area is 219 Å². The number of hydrogen-bond acceptors (Lipinski definition) is 5. The molecule has 190 valence electrons. The molecule has 3 amide bonds. The van der Waals surface area contributed by atoms with E-state index in [0.29, 0.717) is 11.6 Å². The van der Waals surface area contributed by atoms with Gasteiger partial charge in [-0.1, -0.05) is 42.0 Å². The predicted molar refractivity (Wildman–Crippen MR) is 138 cm³/mol. The molecule has 1 aromatic heterocycles. The highest BCUT2D eigenvalue weighted by atomic mass is 35.5. The summed E-state index contributed by atoms with van der Waals surface area (Å²) in [6, 6.07) is 10.1. The van der Waals surface area contributed by atoms with Crippen molar-refractivity contribution in [3.63, 3.8) is 0 Å². The second-order valence-electron chi connectivity index (χ2n) is 11.0. The van der Waals surface area contributed by atoms with Crippen LogP contribution in [0.4, 0.5) is 0 Å². The molecule has 0 radical (unpaired) electrons. The van der Waals surface area contributed by atoms with E-state index < -0.39 is 34.6 Å². The zero-order valence-electron chi connectivity index (χ0n) is 20.7. The number of benzene rings is 1. The molecule has 5 rings (SSSR count). The molecule has 2 N–H and O–H groups in total. The van der Waals surface area contributed by atoms with Gasteiger partial charge in [0, 0.05) is 22.0 Å². The molecule has 0 aliphatic carbocycles. The lowest BCUT2D eigenvalue weighted by Crippen LogP contribution is -2.57. The molecule has 5 atom stereocenters. The lowest BCUT2D eigenvalue weighted by atomic mass is 9.70. The van der Waals surface area contributed by atoms with Crippen LogP contribution in [0.25, 0.3) is 0 Å². The van der Waals surface area contributed by atoms with Gasteiger partial charge in [-0.2, -0.15) is 0 Å². The number of nitrogens with zero attached hydrogens (tertiary/aromatic N) is 1. The first-order valence-electron chi connectivity index (χ1n) is 12.0. The van der Waals surface area contributed by atoms with Crippen LogP contribution in [0.5, 0.6) is 0 Å². The quantitative estimate of drug-likeness (QED) is 0.561. The highest BCUT2D eigenvalue weighted by Gasteiger charge is 2.76. The normalized spacial score (nSPS) is 30.5. The second-order valence-corrected chi connectivity index (χ2v) is 12.4. The number of carbonyl (C=O) groups is 3. The van der Waals surface area contributed by atoms with Crippen molar-refractivity contribution < 1.29 is 19.1 Å². The van der Waals surface area contributed by atoms with Gasteiger partial charge in [0.15, 0.2) is 0 Å². The summed E-state index contributed by atoms with van der Waals surface area (Å²) in [7, 11) is 0. The molecule has 9 heteroatoms. The van der Waals surface area contributed by atoms with Crippen molar-refractivity contribution in [1.82, 2.24) is 15.5 Å². The Bertz CT molecular complexity index is 1220. The molecule has 7 nitrogen and oxygen atoms in total. The lowest BCUT2D eigenvalue weighted by Gasteiger charge is -2.35. The fraction of sp³-hybridized carbons (Fsp3) is 0.444. The maximum Gasteiger partial charge on any atom is 0.246 e. The molecule has 2 saturated heterocycles. The van der Waals surface area contributed by atoms with Crippen LogP contribution in [0.2, 0.25) is 5.02 Å². The minimum Gasteiger partial charge on any atom is -0.356 e. The summed E-state index contributed by atoms with van der Waals surface area (Å²) >= 11 is 7.61. The van der Waals surface area contributed by atoms with Gasteiger partial charge in [-0.15, -0.1) is 11.3 Å². The number of likely N-dealkylation sites (tertiary alicyclic amines) is 1. The third-order valence-corrected chi connectivity index (χ3v) is 8.24. The second kappa shape index (κ2) is 8.71. The van der Waals surface area contributed by atoms with Gasteiger partial charge in [0.05, 0.1) is 24.0 Å². The number of halogens is 1. The maximum atomic E-state index is 14.0. The highest BCUT2D eigenvalue weighted by Crippen LogP contribution is 2.59. The number of nitrogens with one attached hydrogen (secondary N) is 2. The van der Waals surface area contributed by atoms with Crippen LogP contribution in [0.15, 0.2) is 53.9 Å². The van der Waals surface area contributed by atoms with Gasteiger partial charge >= 0.3 is 0 Å². The van der Waals surface area contributed by atoms with E-state index >= 15 is 0 Å². The zero-order chi connectivity index (χ0) is 25.9. The Kier molecular flexibility index (Phi) is 6.05. The number of fused-ring (bicyclic) bond motifs is 1. The van der Waals surface area contributed by atoms with Crippen molar-refractivity contribution in [2.45, 2.75) is 63.6 Å². The smallest absolute Gasteiger partial charge is 0.246 e. The van der Waals surface area contributed by atoms with Crippen molar-refractivity contribution in [2.75, 3.05) is 0 Å². The van der Waals surface area contributed by atoms with E-state index in [2.05, 4.69) is 10.6 Å². The van der Waals surface area contributed by atoms with Crippen molar-refractivity contribution in [3.05, 3.63) is 69.4 Å². The van der Waals surface area contributed by atoms with Crippen LogP contribution in [-0.2, 0) is 32.2 Å². The number of thiophene rings is 1. The van der Waals surface area contributed by atoms with Gasteiger partial charge in [0.1, 0.15) is 11.6 Å². The van der Waals surface area contributed by atoms with Crippen LogP contribution >= 0.6 is 22.9 Å². The van der Waals surface area contributed by atoms with E-state index in [0.717, 1.165) is 10.4 Å². The first kappa shape index (κ1) is 25.0. The van der Waals surface area contributed by atoms with Gasteiger partial charge in [0.2, 0.25) is 17.7 Å². The minimum absolute atomic E-state index is 0.202. The number of amides is 3. The predicted octanol–water partition coefficient (Wildman–Crippen LogP) is 3.67. The topological polar surface area (TPSA) is 87.7 Å². The third-order valence-electron chi connectivity index (χ3n) is 7.11. The molecular formula is C27H30ClN3O4S. The highest BCUT2D eigenvalue weighted by molar-refractivity contribution is 7.09. The number of rotatable bonds is 6. The summed E-state index contributed by atoms with van der Waals surface area (Å²) in [6.07, 6.45) is 3.67. The van der Waals surface area contributed by atoms with Gasteiger partial charge in [-0.25, -0.2) is 0 Å². The maximum absolute atomic E-state index is 14.0. The minimum atomic E-state index is -1.22. The molecule has 2 bridgehead atoms. The molecule has 0 unspecified atom stereocenters. The molecule has 2 aromatic rings. The number of hydrogen-bond donors (Lipinski definition) is 2. The van der Waals surface area contributed by atoms with Gasteiger partial charge < -0.3 is 20.3 Å². The summed E-state index contributed by atoms with van der Waals surface area (Å²) < 4.78 is 6.53. The molecule has 3 aliphatic heterocycles. The van der Waals surface area contributed by atoms with Crippen LogP contribution in [0.3, 0.4) is 0 Å². The van der Waals surface area contributed by atoms with E-state index in [4.69, 9.17) is 16.3 Å². The number of carbonyl (C=O) groups excluding carboxylic acids is 3. The lowest BCUT2D eigenvalue weighted by molar-refractivity contribution is -0.146. The van der Waals surface area contributed by atoms with E-state index in [1.807, 2.05) is 69.5 Å². The summed E-state index contributed by atoms with van der Waals surface area (Å²) in [5.41, 5.74) is -1.88. The average molecular weight is 528 g/mol. The van der Waals surface area contributed by atoms with Crippen molar-refractivity contribution >= 4 is 40.7 Å². The molecular weight excluding hydrogens is 498 g/mol. The third kappa shape index (κ3) is 4.15. The first-order valence-corrected chi connectivity index (χ1v) is 13.3. The van der Waals surface area contributed by atoms with Crippen molar-refractivity contribution in [1.29, 1.82) is 0 Å². The zero-order valence-corrected chi connectivity index (χ0v) is 22.3. The number of ether oxygens (including phenoxy) is 1. The Morgan fingerprint density at radius 1 is 1.14 bits per heavy atom. The standard InChI is InChI=1S/C27H30ClN3O4S/c1-25(2,3)30-23(33)21-27-12-11-26(4,35-27)19(22(32)29-14-18-6-5-13-36-18)20(27)24(34)31(21)15-16-7-9-17(28)10-8-16/h5-13,19-21H,14-15H2,1-4H3,(H,29,32)(H,30,33)/t19-,20-,21+,26-,27+/m1/s1. The summed E-state index contributed by atoms with van der Waals surface area (Å²) in [5, 5.41) is 8.56. The van der Waals surface area contributed by atoms with Gasteiger partial charge in [-0.05, 0) is 56.8 Å². The van der Waals surface area contributed by atoms with Crippen LogP contribution < -0.4 is 10.6 Å². The summed E-state index contributed by atoms with van der Waals surface area (Å²) in [5.74, 6) is -2.38. The molecule has 4 heterocycles. The summed E-state index contributed by atoms with van der Waals surface area (Å²) in [6.45, 7) is 8.08. The summed E-state index contributed by atoms with van der Waals surface area (Å²) in [4.78, 5) is 43.9. The van der Waals surface area contributed by atoms with Crippen molar-refractivity contribution in [2.24, 2.45) is 11.8 Å². The largest absolute Gasteiger partial charge is 0.356 e. The SMILES string of the molecule is CC(C)(C)NC(=O)[C@@H]1N(Cc2ccc(Cl)cc2)C(=O)[C@H]2[C@H](C(=O)NCc3cccs3)[C@@]3(C)C=C[C@@]12O3. The molecule has 0 saturated carbocycles. The first-order chi connectivity index (χ1) is 16.9. The molecule has 2 fully saturated rings. The van der Waals surface area contributed by atoms with Gasteiger partial charge in [-0.3, -0.25) is 14.4 Å². The molecule has 36 heavy (non-hydrogen) atoms. The fourth-order valence-corrected chi connectivity index (χ4v) is 6.49. The Morgan fingerprint density at radius 3 is 2.50 bits per heavy atom. The Morgan fingerprint density at radius 2 is 1.86 bits per heavy atom. The van der Waals surface area contributed by atoms with Crippen LogP contribution in [-0.4, -0.2) is 45.4 Å². The Hall–Kier alpha value is -2.68. The van der Waals surface area contributed by atoms with Gasteiger partial charge in [0.25, 0.3) is 0 Å². The van der Waals surface area contributed by atoms with Crippen molar-refractivity contribution in [3.8, 4) is 0 Å². The van der Waals surface area contributed by atoms with Crippen LogP contribution in [0.1, 0.15) is 38.1 Å². The van der Waals surface area contributed by atoms with E-state index in [1.54, 1.807) is 28.4 Å². The Balaban J connectivity index is 1.50. The molecule has 3 aliphatic rings. The van der Waals surface area contributed by atoms with E-state index in [1.165, 1.54) is 0 Å².